The summed E-state index contributed by atoms with van der Waals surface area (Å²) in [5, 5.41) is 1.98. The van der Waals surface area contributed by atoms with E-state index in [0.717, 1.165) is 36.8 Å². The Morgan fingerprint density at radius 3 is 2.76 bits per heavy atom. The molecule has 0 aliphatic heterocycles. The van der Waals surface area contributed by atoms with Gasteiger partial charge in [-0.25, -0.2) is 0 Å². The lowest BCUT2D eigenvalue weighted by Crippen LogP contribution is -2.16. The minimum atomic E-state index is -0.204. The van der Waals surface area contributed by atoms with E-state index in [2.05, 4.69) is 44.5 Å². The quantitative estimate of drug-likeness (QED) is 0.436. The number of hydrogen-bond acceptors (Lipinski definition) is 2. The highest BCUT2D eigenvalue weighted by molar-refractivity contribution is 9.10. The van der Waals surface area contributed by atoms with Crippen LogP contribution in [-0.2, 0) is 6.54 Å². The molecule has 4 rings (SSSR count). The average Bonchev–Trinajstić information content (AvgIpc) is 2.97. The van der Waals surface area contributed by atoms with Crippen LogP contribution in [0.15, 0.2) is 70.1 Å². The third-order valence-electron chi connectivity index (χ3n) is 4.18. The number of rotatable bonds is 2. The zero-order valence-corrected chi connectivity index (χ0v) is 16.0. The Kier molecular flexibility index (Phi) is 4.27. The Morgan fingerprint density at radius 1 is 1.12 bits per heavy atom. The van der Waals surface area contributed by atoms with E-state index >= 15 is 0 Å². The fraction of sp³-hybridized carbons (Fsp3) is 0.100. The Labute approximate surface area is 157 Å². The van der Waals surface area contributed by atoms with Gasteiger partial charge in [0.25, 0.3) is 5.91 Å². The molecule has 0 atom stereocenters. The molecule has 0 unspecified atom stereocenters. The van der Waals surface area contributed by atoms with Gasteiger partial charge in [-0.1, -0.05) is 63.7 Å². The average molecular weight is 411 g/mol. The number of aryl methyl sites for hydroxylation is 1. The van der Waals surface area contributed by atoms with Crippen LogP contribution in [0, 0.1) is 0 Å². The van der Waals surface area contributed by atoms with Gasteiger partial charge in [0.2, 0.25) is 0 Å². The SMILES string of the molecule is CCn1c(=NC(=O)c2cccc3ccccc23)sc2cc(Br)ccc21. The number of amides is 1. The van der Waals surface area contributed by atoms with Crippen molar-refractivity contribution in [3.05, 3.63) is 75.5 Å². The van der Waals surface area contributed by atoms with Gasteiger partial charge in [-0.2, -0.15) is 4.99 Å². The zero-order chi connectivity index (χ0) is 17.4. The van der Waals surface area contributed by atoms with E-state index in [4.69, 9.17) is 0 Å². The van der Waals surface area contributed by atoms with Crippen LogP contribution in [0.5, 0.6) is 0 Å². The smallest absolute Gasteiger partial charge is 0.280 e. The van der Waals surface area contributed by atoms with Crippen molar-refractivity contribution >= 4 is 54.2 Å². The molecule has 0 aliphatic rings. The Hall–Kier alpha value is -2.24. The Morgan fingerprint density at radius 2 is 1.92 bits per heavy atom. The molecule has 0 saturated carbocycles. The fourth-order valence-corrected chi connectivity index (χ4v) is 4.64. The lowest BCUT2D eigenvalue weighted by atomic mass is 10.0. The maximum atomic E-state index is 12.9. The second kappa shape index (κ2) is 6.58. The third kappa shape index (κ3) is 2.94. The van der Waals surface area contributed by atoms with Crippen LogP contribution >= 0.6 is 27.3 Å². The number of thiazole rings is 1. The molecular weight excluding hydrogens is 396 g/mol. The molecule has 0 N–H and O–H groups in total. The van der Waals surface area contributed by atoms with Crippen LogP contribution < -0.4 is 4.80 Å². The first-order chi connectivity index (χ1) is 12.2. The summed E-state index contributed by atoms with van der Waals surface area (Å²) >= 11 is 5.04. The van der Waals surface area contributed by atoms with Crippen molar-refractivity contribution in [1.82, 2.24) is 4.57 Å². The Bertz CT molecular complexity index is 1170. The first-order valence-corrected chi connectivity index (χ1v) is 9.64. The van der Waals surface area contributed by atoms with Crippen LogP contribution in [-0.4, -0.2) is 10.5 Å². The highest BCUT2D eigenvalue weighted by Gasteiger charge is 2.11. The highest BCUT2D eigenvalue weighted by atomic mass is 79.9. The number of carbonyl (C=O) groups is 1. The lowest BCUT2D eigenvalue weighted by Gasteiger charge is -2.03. The van der Waals surface area contributed by atoms with E-state index in [-0.39, 0.29) is 5.91 Å². The van der Waals surface area contributed by atoms with Gasteiger partial charge in [-0.05, 0) is 42.0 Å². The highest BCUT2D eigenvalue weighted by Crippen LogP contribution is 2.23. The van der Waals surface area contributed by atoms with Crippen LogP contribution in [0.25, 0.3) is 21.0 Å². The molecular formula is C20H15BrN2OS. The molecule has 0 radical (unpaired) electrons. The van der Waals surface area contributed by atoms with E-state index in [0.29, 0.717) is 5.56 Å². The van der Waals surface area contributed by atoms with E-state index in [1.54, 1.807) is 0 Å². The molecule has 25 heavy (non-hydrogen) atoms. The number of fused-ring (bicyclic) bond motifs is 2. The van der Waals surface area contributed by atoms with E-state index in [1.807, 2.05) is 48.5 Å². The van der Waals surface area contributed by atoms with Crippen molar-refractivity contribution < 1.29 is 4.79 Å². The van der Waals surface area contributed by atoms with Gasteiger partial charge in [0.15, 0.2) is 4.80 Å². The molecule has 0 fully saturated rings. The summed E-state index contributed by atoms with van der Waals surface area (Å²) in [7, 11) is 0. The summed E-state index contributed by atoms with van der Waals surface area (Å²) < 4.78 is 4.22. The second-order valence-corrected chi connectivity index (χ2v) is 7.61. The largest absolute Gasteiger partial charge is 0.317 e. The Balaban J connectivity index is 1.90. The maximum absolute atomic E-state index is 12.9. The molecule has 1 amide bonds. The molecule has 3 aromatic carbocycles. The monoisotopic (exact) mass is 410 g/mol. The molecule has 0 bridgehead atoms. The molecule has 1 heterocycles. The third-order valence-corrected chi connectivity index (χ3v) is 5.71. The van der Waals surface area contributed by atoms with Gasteiger partial charge in [0, 0.05) is 16.6 Å². The van der Waals surface area contributed by atoms with Crippen LogP contribution in [0.2, 0.25) is 0 Å². The fourth-order valence-electron chi connectivity index (χ4n) is 3.00. The summed E-state index contributed by atoms with van der Waals surface area (Å²) in [5.74, 6) is -0.204. The van der Waals surface area contributed by atoms with E-state index in [1.165, 1.54) is 11.3 Å². The minimum Gasteiger partial charge on any atom is -0.317 e. The van der Waals surface area contributed by atoms with Crippen LogP contribution in [0.4, 0.5) is 0 Å². The first kappa shape index (κ1) is 16.2. The standard InChI is InChI=1S/C20H15BrN2OS/c1-2-23-17-11-10-14(21)12-18(17)25-20(23)22-19(24)16-9-5-7-13-6-3-4-8-15(13)16/h3-12H,2H2,1H3. The number of halogens is 1. The normalized spacial score (nSPS) is 12.2. The van der Waals surface area contributed by atoms with Gasteiger partial charge < -0.3 is 4.57 Å². The first-order valence-electron chi connectivity index (χ1n) is 8.03. The van der Waals surface area contributed by atoms with E-state index < -0.39 is 0 Å². The summed E-state index contributed by atoms with van der Waals surface area (Å²) in [6.07, 6.45) is 0. The second-order valence-electron chi connectivity index (χ2n) is 5.68. The number of carbonyl (C=O) groups excluding carboxylic acids is 1. The van der Waals surface area contributed by atoms with Crippen LogP contribution in [0.1, 0.15) is 17.3 Å². The topological polar surface area (TPSA) is 34.4 Å². The maximum Gasteiger partial charge on any atom is 0.280 e. The molecule has 0 spiro atoms. The number of nitrogens with zero attached hydrogens (tertiary/aromatic N) is 2. The molecule has 4 aromatic rings. The summed E-state index contributed by atoms with van der Waals surface area (Å²) in [6.45, 7) is 2.83. The number of hydrogen-bond donors (Lipinski definition) is 0. The summed E-state index contributed by atoms with van der Waals surface area (Å²) in [4.78, 5) is 18.0. The predicted octanol–water partition coefficient (Wildman–Crippen LogP) is 5.38. The zero-order valence-electron chi connectivity index (χ0n) is 13.6. The van der Waals surface area contributed by atoms with Crippen molar-refractivity contribution in [1.29, 1.82) is 0 Å². The minimum absolute atomic E-state index is 0.204. The predicted molar refractivity (Wildman–Crippen MR) is 107 cm³/mol. The van der Waals surface area contributed by atoms with Crippen LogP contribution in [0.3, 0.4) is 0 Å². The van der Waals surface area contributed by atoms with E-state index in [9.17, 15) is 4.79 Å². The van der Waals surface area contributed by atoms with Gasteiger partial charge in [0.1, 0.15) is 0 Å². The molecule has 124 valence electrons. The van der Waals surface area contributed by atoms with Gasteiger partial charge >= 0.3 is 0 Å². The van der Waals surface area contributed by atoms with Gasteiger partial charge in [-0.15, -0.1) is 0 Å². The summed E-state index contributed by atoms with van der Waals surface area (Å²) in [5.41, 5.74) is 1.74. The number of aromatic nitrogens is 1. The van der Waals surface area contributed by atoms with Gasteiger partial charge in [0.05, 0.1) is 10.2 Å². The van der Waals surface area contributed by atoms with Crippen molar-refractivity contribution in [2.75, 3.05) is 0 Å². The number of benzene rings is 3. The van der Waals surface area contributed by atoms with Crippen molar-refractivity contribution in [3.8, 4) is 0 Å². The molecule has 3 nitrogen and oxygen atoms in total. The van der Waals surface area contributed by atoms with Crippen molar-refractivity contribution in [2.24, 2.45) is 4.99 Å². The molecule has 0 saturated heterocycles. The summed E-state index contributed by atoms with van der Waals surface area (Å²) in [6, 6.07) is 19.8. The molecule has 0 aliphatic carbocycles. The molecule has 1 aromatic heterocycles. The van der Waals surface area contributed by atoms with Gasteiger partial charge in [-0.3, -0.25) is 4.79 Å². The van der Waals surface area contributed by atoms with Crippen molar-refractivity contribution in [2.45, 2.75) is 13.5 Å². The molecule has 5 heteroatoms. The lowest BCUT2D eigenvalue weighted by molar-refractivity contribution is 0.0999. The van der Waals surface area contributed by atoms with Crippen molar-refractivity contribution in [3.63, 3.8) is 0 Å².